The van der Waals surface area contributed by atoms with Crippen LogP contribution in [0.15, 0.2) is 70.5 Å². The normalized spacial score (nSPS) is 15.9. The number of benzene rings is 2. The molecule has 0 unspecified atom stereocenters. The van der Waals surface area contributed by atoms with Crippen molar-refractivity contribution in [2.24, 2.45) is 5.10 Å². The van der Waals surface area contributed by atoms with Crippen LogP contribution < -0.4 is 9.75 Å². The van der Waals surface area contributed by atoms with Gasteiger partial charge in [-0.3, -0.25) is 0 Å². The fraction of sp³-hybridized carbons (Fsp3) is 0.167. The standard InChI is InChI=1S/C24H21N3O2S2/c1-15-5-7-16(8-6-15)21-13-19(23-4-3-11-30-23)26-27(21)24-25-20(14-31-24)18-10-9-17(29-2)12-22(18)28/h3-12,14,21,28H,13H2,1-2H3/t21-/m1/s1. The number of methoxy groups -OCH3 is 1. The van der Waals surface area contributed by atoms with Crippen LogP contribution >= 0.6 is 22.7 Å². The molecule has 0 spiro atoms. The molecule has 156 valence electrons. The average Bonchev–Trinajstić information content (AvgIpc) is 3.53. The summed E-state index contributed by atoms with van der Waals surface area (Å²) >= 11 is 3.24. The summed E-state index contributed by atoms with van der Waals surface area (Å²) in [5.74, 6) is 0.761. The van der Waals surface area contributed by atoms with Crippen LogP contribution in [0.4, 0.5) is 5.13 Å². The van der Waals surface area contributed by atoms with E-state index in [-0.39, 0.29) is 11.8 Å². The summed E-state index contributed by atoms with van der Waals surface area (Å²) in [5, 5.41) is 22.3. The Morgan fingerprint density at radius 3 is 2.65 bits per heavy atom. The molecule has 0 saturated carbocycles. The van der Waals surface area contributed by atoms with E-state index in [4.69, 9.17) is 14.8 Å². The maximum absolute atomic E-state index is 10.4. The molecule has 1 N–H and O–H groups in total. The van der Waals surface area contributed by atoms with Gasteiger partial charge in [0.25, 0.3) is 0 Å². The highest BCUT2D eigenvalue weighted by molar-refractivity contribution is 7.14. The molecule has 1 aliphatic rings. The van der Waals surface area contributed by atoms with Crippen molar-refractivity contribution in [2.75, 3.05) is 12.1 Å². The van der Waals surface area contributed by atoms with Gasteiger partial charge in [0, 0.05) is 23.4 Å². The van der Waals surface area contributed by atoms with Gasteiger partial charge in [0.1, 0.15) is 11.5 Å². The van der Waals surface area contributed by atoms with Crippen LogP contribution in [0.5, 0.6) is 11.5 Å². The van der Waals surface area contributed by atoms with Crippen molar-refractivity contribution < 1.29 is 9.84 Å². The summed E-state index contributed by atoms with van der Waals surface area (Å²) in [4.78, 5) is 6.01. The number of hydrazone groups is 1. The number of nitrogens with zero attached hydrogens (tertiary/aromatic N) is 3. The number of hydrogen-bond donors (Lipinski definition) is 1. The lowest BCUT2D eigenvalue weighted by Crippen LogP contribution is -2.18. The molecule has 1 atom stereocenters. The first-order valence-corrected chi connectivity index (χ1v) is 11.7. The highest BCUT2D eigenvalue weighted by Gasteiger charge is 2.32. The van der Waals surface area contributed by atoms with Crippen molar-refractivity contribution in [2.45, 2.75) is 19.4 Å². The van der Waals surface area contributed by atoms with Crippen molar-refractivity contribution in [1.82, 2.24) is 4.98 Å². The van der Waals surface area contributed by atoms with Gasteiger partial charge in [-0.15, -0.1) is 22.7 Å². The van der Waals surface area contributed by atoms with Crippen LogP contribution in [0.2, 0.25) is 0 Å². The zero-order valence-corrected chi connectivity index (χ0v) is 18.8. The molecule has 1 aliphatic heterocycles. The Bertz CT molecular complexity index is 1230. The maximum atomic E-state index is 10.4. The molecule has 0 aliphatic carbocycles. The third kappa shape index (κ3) is 3.82. The van der Waals surface area contributed by atoms with Crippen molar-refractivity contribution in [1.29, 1.82) is 0 Å². The largest absolute Gasteiger partial charge is 0.507 e. The van der Waals surface area contributed by atoms with Crippen LogP contribution in [0.1, 0.15) is 28.5 Å². The van der Waals surface area contributed by atoms with E-state index in [2.05, 4.69) is 48.7 Å². The minimum Gasteiger partial charge on any atom is -0.507 e. The van der Waals surface area contributed by atoms with Crippen LogP contribution in [0.3, 0.4) is 0 Å². The molecule has 4 aromatic rings. The third-order valence-electron chi connectivity index (χ3n) is 5.35. The molecule has 0 amide bonds. The summed E-state index contributed by atoms with van der Waals surface area (Å²) < 4.78 is 5.19. The summed E-state index contributed by atoms with van der Waals surface area (Å²) in [6.07, 6.45) is 0.826. The Hall–Kier alpha value is -3.16. The smallest absolute Gasteiger partial charge is 0.207 e. The number of ether oxygens (including phenoxy) is 1. The summed E-state index contributed by atoms with van der Waals surface area (Å²) in [7, 11) is 1.58. The predicted molar refractivity (Wildman–Crippen MR) is 128 cm³/mol. The van der Waals surface area contributed by atoms with Gasteiger partial charge in [-0.25, -0.2) is 9.99 Å². The summed E-state index contributed by atoms with van der Waals surface area (Å²) in [6, 6.07) is 18.1. The molecule has 7 heteroatoms. The maximum Gasteiger partial charge on any atom is 0.207 e. The van der Waals surface area contributed by atoms with E-state index in [0.717, 1.165) is 23.0 Å². The van der Waals surface area contributed by atoms with Gasteiger partial charge in [-0.05, 0) is 36.1 Å². The topological polar surface area (TPSA) is 58.0 Å². The Balaban J connectivity index is 1.52. The molecule has 0 fully saturated rings. The Kier molecular flexibility index (Phi) is 5.21. The van der Waals surface area contributed by atoms with Gasteiger partial charge in [-0.1, -0.05) is 35.9 Å². The number of phenols is 1. The van der Waals surface area contributed by atoms with E-state index >= 15 is 0 Å². The quantitative estimate of drug-likeness (QED) is 0.393. The van der Waals surface area contributed by atoms with Gasteiger partial charge in [0.2, 0.25) is 5.13 Å². The SMILES string of the molecule is COc1ccc(-c2csc(N3N=C(c4cccs4)C[C@@H]3c3ccc(C)cc3)n2)c(O)c1. The summed E-state index contributed by atoms with van der Waals surface area (Å²) in [6.45, 7) is 2.10. The van der Waals surface area contributed by atoms with Crippen LogP contribution in [0, 0.1) is 6.92 Å². The molecule has 31 heavy (non-hydrogen) atoms. The van der Waals surface area contributed by atoms with Gasteiger partial charge in [-0.2, -0.15) is 5.10 Å². The van der Waals surface area contributed by atoms with Crippen LogP contribution in [-0.4, -0.2) is 22.9 Å². The molecule has 2 aromatic heterocycles. The lowest BCUT2D eigenvalue weighted by atomic mass is 10.0. The average molecular weight is 448 g/mol. The lowest BCUT2D eigenvalue weighted by Gasteiger charge is -2.21. The van der Waals surface area contributed by atoms with Crippen molar-refractivity contribution in [3.8, 4) is 22.8 Å². The van der Waals surface area contributed by atoms with E-state index in [1.54, 1.807) is 24.5 Å². The Morgan fingerprint density at radius 1 is 1.10 bits per heavy atom. The van der Waals surface area contributed by atoms with Gasteiger partial charge >= 0.3 is 0 Å². The first-order chi connectivity index (χ1) is 15.1. The van der Waals surface area contributed by atoms with Crippen LogP contribution in [-0.2, 0) is 0 Å². The summed E-state index contributed by atoms with van der Waals surface area (Å²) in [5.41, 5.74) is 4.92. The minimum absolute atomic E-state index is 0.0844. The molecule has 0 radical (unpaired) electrons. The lowest BCUT2D eigenvalue weighted by molar-refractivity contribution is 0.408. The Labute approximate surface area is 188 Å². The number of thiazole rings is 1. The molecule has 0 bridgehead atoms. The van der Waals surface area contributed by atoms with Crippen molar-refractivity contribution in [3.63, 3.8) is 0 Å². The number of hydrogen-bond acceptors (Lipinski definition) is 7. The minimum atomic E-state index is 0.0844. The van der Waals surface area contributed by atoms with Gasteiger partial charge in [0.15, 0.2) is 0 Å². The third-order valence-corrected chi connectivity index (χ3v) is 7.10. The molecule has 0 saturated heterocycles. The van der Waals surface area contributed by atoms with Crippen molar-refractivity contribution >= 4 is 33.5 Å². The van der Waals surface area contributed by atoms with E-state index < -0.39 is 0 Å². The second-order valence-electron chi connectivity index (χ2n) is 7.40. The van der Waals surface area contributed by atoms with E-state index in [0.29, 0.717) is 11.3 Å². The number of anilines is 1. The second-order valence-corrected chi connectivity index (χ2v) is 9.18. The van der Waals surface area contributed by atoms with E-state index in [9.17, 15) is 5.11 Å². The first-order valence-electron chi connectivity index (χ1n) is 9.92. The van der Waals surface area contributed by atoms with E-state index in [1.807, 2.05) is 22.5 Å². The molecule has 5 rings (SSSR count). The monoisotopic (exact) mass is 447 g/mol. The fourth-order valence-electron chi connectivity index (χ4n) is 3.67. The molecule has 2 aromatic carbocycles. The zero-order chi connectivity index (χ0) is 21.4. The molecule has 3 heterocycles. The van der Waals surface area contributed by atoms with E-state index in [1.165, 1.54) is 27.3 Å². The molecular formula is C24H21N3O2S2. The second kappa shape index (κ2) is 8.17. The van der Waals surface area contributed by atoms with Gasteiger partial charge in [0.05, 0.1) is 29.4 Å². The predicted octanol–water partition coefficient (Wildman–Crippen LogP) is 6.25. The molecular weight excluding hydrogens is 426 g/mol. The highest BCUT2D eigenvalue weighted by atomic mass is 32.1. The number of aromatic nitrogens is 1. The number of aryl methyl sites for hydroxylation is 1. The zero-order valence-electron chi connectivity index (χ0n) is 17.1. The van der Waals surface area contributed by atoms with Crippen LogP contribution in [0.25, 0.3) is 11.3 Å². The van der Waals surface area contributed by atoms with Gasteiger partial charge < -0.3 is 9.84 Å². The number of aromatic hydroxyl groups is 1. The number of thiophene rings is 1. The van der Waals surface area contributed by atoms with Crippen molar-refractivity contribution in [3.05, 3.63) is 81.4 Å². The number of rotatable bonds is 5. The fourth-order valence-corrected chi connectivity index (χ4v) is 5.22. The number of phenolic OH excluding ortho intramolecular Hbond substituents is 1. The molecule has 5 nitrogen and oxygen atoms in total. The first kappa shape index (κ1) is 19.8. The highest BCUT2D eigenvalue weighted by Crippen LogP contribution is 2.41. The Morgan fingerprint density at radius 2 is 1.94 bits per heavy atom.